The van der Waals surface area contributed by atoms with E-state index in [4.69, 9.17) is 36.5 Å². The lowest BCUT2D eigenvalue weighted by atomic mass is 9.91. The fourth-order valence-corrected chi connectivity index (χ4v) is 6.89. The number of carboxylic acids is 2. The Balaban J connectivity index is 2.14. The zero-order valence-electron chi connectivity index (χ0n) is 38.6. The summed E-state index contributed by atoms with van der Waals surface area (Å²) in [7, 11) is 0. The first-order valence-electron chi connectivity index (χ1n) is 21.9. The molecule has 34 nitrogen and oxygen atoms in total. The molecule has 0 aromatic carbocycles. The highest BCUT2D eigenvalue weighted by Gasteiger charge is 2.51. The SMILES string of the molecule is CC(=O)NC1[C@H](CNC(=O)C[C@H](NC(=O)CN)C(=O)NCC(=O)N[C@@H](CCCN=C(N)N)C(=O)NCC(=O)N[C@@H](CC(=O)O)C(=O)N[C@@H](CO)C(=O)O)OC(CO)[C@@H](O[C@@H]2O[C@@H](CO)[C@H](O)C(O)C2O)[C@@H]1O. The van der Waals surface area contributed by atoms with Crippen LogP contribution in [0.15, 0.2) is 4.99 Å². The number of aliphatic hydroxyl groups excluding tert-OH is 7. The average Bonchev–Trinajstić information content (AvgIpc) is 3.32. The molecule has 0 aliphatic carbocycles. The third-order valence-corrected chi connectivity index (χ3v) is 10.5. The number of nitrogens with two attached hydrogens (primary N) is 3. The van der Waals surface area contributed by atoms with Crippen molar-refractivity contribution in [3.05, 3.63) is 0 Å². The van der Waals surface area contributed by atoms with Gasteiger partial charge in [0, 0.05) is 20.0 Å². The van der Waals surface area contributed by atoms with Gasteiger partial charge in [-0.3, -0.25) is 48.1 Å². The van der Waals surface area contributed by atoms with Crippen molar-refractivity contribution >= 4 is 65.2 Å². The molecule has 34 heteroatoms. The number of guanidine groups is 1. The van der Waals surface area contributed by atoms with Gasteiger partial charge in [-0.1, -0.05) is 0 Å². The van der Waals surface area contributed by atoms with Gasteiger partial charge in [0.15, 0.2) is 12.2 Å². The second-order valence-corrected chi connectivity index (χ2v) is 16.0. The number of aliphatic hydroxyl groups is 7. The summed E-state index contributed by atoms with van der Waals surface area (Å²) in [5.74, 6) is -11.8. The number of hydrogen-bond acceptors (Lipinski definition) is 22. The Morgan fingerprint density at radius 1 is 0.639 bits per heavy atom. The number of carbonyl (C=O) groups excluding carboxylic acids is 8. The van der Waals surface area contributed by atoms with Crippen molar-refractivity contribution in [3.8, 4) is 0 Å². The molecule has 8 amide bonds. The number of aliphatic carboxylic acids is 2. The molecule has 14 atom stereocenters. The van der Waals surface area contributed by atoms with E-state index in [0.717, 1.165) is 6.92 Å². The maximum Gasteiger partial charge on any atom is 0.328 e. The number of amides is 8. The third kappa shape index (κ3) is 20.0. The molecule has 408 valence electrons. The van der Waals surface area contributed by atoms with Gasteiger partial charge >= 0.3 is 11.9 Å². The van der Waals surface area contributed by atoms with E-state index in [9.17, 15) is 88.8 Å². The van der Waals surface area contributed by atoms with Crippen molar-refractivity contribution < 1.29 is 108 Å². The van der Waals surface area contributed by atoms with Gasteiger partial charge in [0.2, 0.25) is 47.3 Å². The van der Waals surface area contributed by atoms with Crippen molar-refractivity contribution in [3.63, 3.8) is 0 Å². The van der Waals surface area contributed by atoms with Crippen LogP contribution in [0.25, 0.3) is 0 Å². The first-order chi connectivity index (χ1) is 33.9. The molecular weight excluding hydrogens is 976 g/mol. The Kier molecular flexibility index (Phi) is 26.0. The third-order valence-electron chi connectivity index (χ3n) is 10.5. The van der Waals surface area contributed by atoms with Crippen LogP contribution in [-0.4, -0.2) is 249 Å². The number of aliphatic imine (C=N–C) groups is 1. The summed E-state index contributed by atoms with van der Waals surface area (Å²) in [6.45, 7) is -4.77. The van der Waals surface area contributed by atoms with Crippen LogP contribution in [0.1, 0.15) is 32.6 Å². The second kappa shape index (κ2) is 30.4. The Bertz CT molecular complexity index is 1930. The van der Waals surface area contributed by atoms with Crippen molar-refractivity contribution in [2.75, 3.05) is 52.5 Å². The van der Waals surface area contributed by atoms with E-state index in [1.165, 1.54) is 0 Å². The van der Waals surface area contributed by atoms with Crippen LogP contribution in [0.5, 0.6) is 0 Å². The lowest BCUT2D eigenvalue weighted by Crippen LogP contribution is -2.68. The van der Waals surface area contributed by atoms with E-state index in [1.807, 2.05) is 10.6 Å². The van der Waals surface area contributed by atoms with Crippen LogP contribution in [-0.2, 0) is 62.2 Å². The molecule has 0 spiro atoms. The Morgan fingerprint density at radius 3 is 1.74 bits per heavy atom. The predicted octanol–water partition coefficient (Wildman–Crippen LogP) is -13.0. The summed E-state index contributed by atoms with van der Waals surface area (Å²) >= 11 is 0. The quantitative estimate of drug-likeness (QED) is 0.0188. The summed E-state index contributed by atoms with van der Waals surface area (Å²) < 4.78 is 16.8. The topological polar surface area (TPSA) is 567 Å². The van der Waals surface area contributed by atoms with Crippen LogP contribution in [0.3, 0.4) is 0 Å². The zero-order valence-corrected chi connectivity index (χ0v) is 38.6. The number of hydrogen-bond donors (Lipinski definition) is 20. The molecule has 2 fully saturated rings. The lowest BCUT2D eigenvalue weighted by Gasteiger charge is -2.47. The Hall–Kier alpha value is -6.47. The molecule has 2 saturated heterocycles. The fraction of sp³-hybridized carbons (Fsp3) is 0.711. The van der Waals surface area contributed by atoms with Crippen molar-refractivity contribution in [2.45, 2.75) is 118 Å². The minimum Gasteiger partial charge on any atom is -0.481 e. The minimum absolute atomic E-state index is 0.0428. The molecule has 0 saturated carbocycles. The maximum atomic E-state index is 13.3. The average molecular weight is 1040 g/mol. The standard InChI is InChI=1S/C38H64N12O22/c1-14(54)46-27-19(70-21(13-53)32(29(27)62)72-37-31(64)30(63)28(61)20(12-52)71-37)8-43-22(55)5-16(48-23(56)7-39)34(66)45-9-24(57)47-15(3-2-4-42-38(40)41)33(65)44-10-25(58)49-17(6-26(59)60)35(67)50-18(11-51)36(68)69/h15-21,27-32,37,51-53,61-64H,2-13,39H2,1H3,(H,43,55)(H,44,65)(H,45,66)(H,46,54)(H,47,57)(H,48,56)(H,49,58)(H,50,67)(H,59,60)(H,68,69)(H4,40,41,42)/t15-,16-,17-,18-,19-,20-,21?,27?,28-,29+,30?,31?,32+,37-/m0/s1. The van der Waals surface area contributed by atoms with Crippen molar-refractivity contribution in [1.29, 1.82) is 0 Å². The zero-order chi connectivity index (χ0) is 54.4. The second-order valence-electron chi connectivity index (χ2n) is 16.0. The summed E-state index contributed by atoms with van der Waals surface area (Å²) in [6, 6.07) is -8.33. The molecular formula is C38H64N12O22. The monoisotopic (exact) mass is 1040 g/mol. The van der Waals surface area contributed by atoms with Crippen LogP contribution in [0, 0.1) is 0 Å². The van der Waals surface area contributed by atoms with Gasteiger partial charge in [0.25, 0.3) is 0 Å². The number of rotatable bonds is 29. The predicted molar refractivity (Wildman–Crippen MR) is 235 cm³/mol. The summed E-state index contributed by atoms with van der Waals surface area (Å²) in [6.07, 6.45) is -17.0. The molecule has 2 aliphatic rings. The number of ether oxygens (including phenoxy) is 3. The molecule has 2 aliphatic heterocycles. The van der Waals surface area contributed by atoms with E-state index < -0.39 is 203 Å². The minimum atomic E-state index is -1.92. The normalized spacial score (nSPS) is 25.3. The maximum absolute atomic E-state index is 13.3. The molecule has 2 heterocycles. The summed E-state index contributed by atoms with van der Waals surface area (Å²) in [5, 5.41) is 107. The Labute approximate surface area is 408 Å². The van der Waals surface area contributed by atoms with Crippen LogP contribution in [0.4, 0.5) is 0 Å². The van der Waals surface area contributed by atoms with E-state index in [2.05, 4.69) is 36.9 Å². The summed E-state index contributed by atoms with van der Waals surface area (Å²) in [4.78, 5) is 129. The molecule has 2 rings (SSSR count). The smallest absolute Gasteiger partial charge is 0.328 e. The van der Waals surface area contributed by atoms with Crippen LogP contribution < -0.4 is 59.7 Å². The van der Waals surface area contributed by atoms with Gasteiger partial charge in [-0.05, 0) is 12.8 Å². The number of nitrogens with zero attached hydrogens (tertiary/aromatic N) is 1. The van der Waals surface area contributed by atoms with E-state index in [-0.39, 0.29) is 25.3 Å². The first-order valence-corrected chi connectivity index (χ1v) is 21.9. The van der Waals surface area contributed by atoms with E-state index >= 15 is 0 Å². The first kappa shape index (κ1) is 61.6. The largest absolute Gasteiger partial charge is 0.481 e. The van der Waals surface area contributed by atoms with Gasteiger partial charge in [-0.2, -0.15) is 0 Å². The van der Waals surface area contributed by atoms with Gasteiger partial charge in [0.05, 0.1) is 64.4 Å². The van der Waals surface area contributed by atoms with Crippen LogP contribution in [0.2, 0.25) is 0 Å². The number of nitrogens with one attached hydrogen (secondary N) is 8. The molecule has 23 N–H and O–H groups in total. The van der Waals surface area contributed by atoms with Gasteiger partial charge in [-0.25, -0.2) is 4.79 Å². The summed E-state index contributed by atoms with van der Waals surface area (Å²) in [5.41, 5.74) is 16.0. The highest BCUT2D eigenvalue weighted by Crippen LogP contribution is 2.29. The van der Waals surface area contributed by atoms with Crippen molar-refractivity contribution in [1.82, 2.24) is 42.5 Å². The van der Waals surface area contributed by atoms with Gasteiger partial charge in [-0.15, -0.1) is 0 Å². The highest BCUT2D eigenvalue weighted by atomic mass is 16.7. The highest BCUT2D eigenvalue weighted by molar-refractivity contribution is 5.96. The lowest BCUT2D eigenvalue weighted by molar-refractivity contribution is -0.335. The molecule has 0 aromatic heterocycles. The fourth-order valence-electron chi connectivity index (χ4n) is 6.89. The molecule has 0 radical (unpaired) electrons. The van der Waals surface area contributed by atoms with Gasteiger partial charge < -0.3 is 120 Å². The molecule has 0 aromatic rings. The number of carbonyl (C=O) groups is 10. The van der Waals surface area contributed by atoms with Crippen LogP contribution >= 0.6 is 0 Å². The molecule has 72 heavy (non-hydrogen) atoms. The van der Waals surface area contributed by atoms with Gasteiger partial charge in [0.1, 0.15) is 66.9 Å². The van der Waals surface area contributed by atoms with E-state index in [1.54, 1.807) is 0 Å². The molecule has 4 unspecified atom stereocenters. The Morgan fingerprint density at radius 2 is 1.21 bits per heavy atom. The molecule has 0 bridgehead atoms. The van der Waals surface area contributed by atoms with E-state index in [0.29, 0.717) is 0 Å². The van der Waals surface area contributed by atoms with Crippen molar-refractivity contribution in [2.24, 2.45) is 22.2 Å². The number of carboxylic acid groups (broad SMARTS) is 2.